The first-order chi connectivity index (χ1) is 6.84. The van der Waals surface area contributed by atoms with Crippen molar-refractivity contribution in [2.24, 2.45) is 0 Å². The van der Waals surface area contributed by atoms with Gasteiger partial charge in [0.05, 0.1) is 13.2 Å². The minimum atomic E-state index is -3.83. The summed E-state index contributed by atoms with van der Waals surface area (Å²) in [5.74, 6) is -1.05. The van der Waals surface area contributed by atoms with Gasteiger partial charge in [-0.2, -0.15) is 4.31 Å². The average molecular weight is 238 g/mol. The van der Waals surface area contributed by atoms with E-state index in [1.165, 1.54) is 4.31 Å². The Labute approximate surface area is 88.2 Å². The molecule has 88 valence electrons. The van der Waals surface area contributed by atoms with Crippen molar-refractivity contribution in [2.75, 3.05) is 19.1 Å². The largest absolute Gasteiger partial charge is 0.378 e. The molecule has 0 aromatic heterocycles. The summed E-state index contributed by atoms with van der Waals surface area (Å²) in [6.45, 7) is 3.91. The fourth-order valence-electron chi connectivity index (χ4n) is 1.74. The number of ether oxygens (including phenoxy) is 1. The smallest absolute Gasteiger partial charge is 0.315 e. The average Bonchev–Trinajstić information content (AvgIpc) is 1.99. The van der Waals surface area contributed by atoms with E-state index in [1.54, 1.807) is 13.8 Å². The molecule has 1 aliphatic rings. The second-order valence-electron chi connectivity index (χ2n) is 3.64. The summed E-state index contributed by atoms with van der Waals surface area (Å²) < 4.78 is 29.6. The van der Waals surface area contributed by atoms with Crippen molar-refractivity contribution in [1.29, 1.82) is 0 Å². The van der Waals surface area contributed by atoms with Crippen LogP contribution >= 0.6 is 0 Å². The molecule has 8 heteroatoms. The predicted octanol–water partition coefficient (Wildman–Crippen LogP) is -0.340. The third-order valence-corrected chi connectivity index (χ3v) is 4.08. The van der Waals surface area contributed by atoms with Crippen LogP contribution in [-0.4, -0.2) is 48.8 Å². The van der Waals surface area contributed by atoms with E-state index in [2.05, 4.69) is 0 Å². The molecule has 0 aliphatic carbocycles. The molecule has 7 nitrogen and oxygen atoms in total. The van der Waals surface area contributed by atoms with E-state index in [0.29, 0.717) is 0 Å². The van der Waals surface area contributed by atoms with Gasteiger partial charge in [-0.1, -0.05) is 0 Å². The SMILES string of the molecule is C[C@@H]1COC[C@H](C)N1S(=O)(=O)C[N+](=O)[O-]. The molecule has 0 N–H and O–H groups in total. The van der Waals surface area contributed by atoms with Crippen molar-refractivity contribution < 1.29 is 18.1 Å². The number of nitrogens with zero attached hydrogens (tertiary/aromatic N) is 2. The van der Waals surface area contributed by atoms with Gasteiger partial charge in [-0.05, 0) is 13.8 Å². The molecule has 0 amide bonds. The van der Waals surface area contributed by atoms with Gasteiger partial charge in [-0.25, -0.2) is 8.42 Å². The van der Waals surface area contributed by atoms with Crippen LogP contribution in [0.2, 0.25) is 0 Å². The summed E-state index contributed by atoms with van der Waals surface area (Å²) in [5.41, 5.74) is 0. The highest BCUT2D eigenvalue weighted by atomic mass is 32.2. The Kier molecular flexibility index (Phi) is 3.63. The lowest BCUT2D eigenvalue weighted by atomic mass is 10.2. The lowest BCUT2D eigenvalue weighted by molar-refractivity contribution is -0.459. The molecule has 0 aromatic carbocycles. The van der Waals surface area contributed by atoms with Crippen LogP contribution in [0.1, 0.15) is 13.8 Å². The zero-order valence-electron chi connectivity index (χ0n) is 8.62. The minimum Gasteiger partial charge on any atom is -0.378 e. The maximum absolute atomic E-state index is 11.6. The van der Waals surface area contributed by atoms with Crippen LogP contribution in [0.25, 0.3) is 0 Å². The maximum atomic E-state index is 11.6. The number of rotatable bonds is 3. The fraction of sp³-hybridized carbons (Fsp3) is 1.00. The monoisotopic (exact) mass is 238 g/mol. The van der Waals surface area contributed by atoms with Gasteiger partial charge in [0.25, 0.3) is 10.0 Å². The van der Waals surface area contributed by atoms with Crippen LogP contribution in [-0.2, 0) is 14.8 Å². The van der Waals surface area contributed by atoms with Gasteiger partial charge in [0, 0.05) is 17.0 Å². The Balaban J connectivity index is 2.88. The van der Waals surface area contributed by atoms with Crippen LogP contribution in [0.5, 0.6) is 0 Å². The van der Waals surface area contributed by atoms with Crippen LogP contribution in [0.3, 0.4) is 0 Å². The fourth-order valence-corrected chi connectivity index (χ4v) is 3.36. The third-order valence-electron chi connectivity index (χ3n) is 2.18. The molecule has 15 heavy (non-hydrogen) atoms. The second kappa shape index (κ2) is 4.42. The summed E-state index contributed by atoms with van der Waals surface area (Å²) in [4.78, 5) is 9.41. The van der Waals surface area contributed by atoms with E-state index < -0.39 is 20.8 Å². The first-order valence-corrected chi connectivity index (χ1v) is 6.16. The first-order valence-electron chi connectivity index (χ1n) is 4.55. The van der Waals surface area contributed by atoms with Crippen molar-refractivity contribution in [3.8, 4) is 0 Å². The van der Waals surface area contributed by atoms with Crippen molar-refractivity contribution >= 4 is 10.0 Å². The number of sulfonamides is 1. The van der Waals surface area contributed by atoms with Crippen molar-refractivity contribution in [3.63, 3.8) is 0 Å². The van der Waals surface area contributed by atoms with Gasteiger partial charge in [0.15, 0.2) is 0 Å². The van der Waals surface area contributed by atoms with E-state index in [9.17, 15) is 18.5 Å². The van der Waals surface area contributed by atoms with E-state index in [1.807, 2.05) is 0 Å². The van der Waals surface area contributed by atoms with Gasteiger partial charge in [-0.3, -0.25) is 10.1 Å². The molecule has 1 rings (SSSR count). The molecule has 2 atom stereocenters. The van der Waals surface area contributed by atoms with Gasteiger partial charge < -0.3 is 4.74 Å². The zero-order valence-corrected chi connectivity index (χ0v) is 9.44. The predicted molar refractivity (Wildman–Crippen MR) is 52.4 cm³/mol. The van der Waals surface area contributed by atoms with Crippen LogP contribution in [0.15, 0.2) is 0 Å². The number of morpholine rings is 1. The molecular weight excluding hydrogens is 224 g/mol. The molecule has 0 unspecified atom stereocenters. The summed E-state index contributed by atoms with van der Waals surface area (Å²) >= 11 is 0. The Bertz CT molecular complexity index is 331. The molecule has 0 bridgehead atoms. The summed E-state index contributed by atoms with van der Waals surface area (Å²) in [6.07, 6.45) is 0. The first kappa shape index (κ1) is 12.3. The lowest BCUT2D eigenvalue weighted by Crippen LogP contribution is -2.53. The molecule has 1 fully saturated rings. The zero-order chi connectivity index (χ0) is 11.6. The van der Waals surface area contributed by atoms with E-state index in [4.69, 9.17) is 4.74 Å². The Morgan fingerprint density at radius 2 is 1.87 bits per heavy atom. The molecule has 0 radical (unpaired) electrons. The topological polar surface area (TPSA) is 89.8 Å². The molecule has 0 spiro atoms. The van der Waals surface area contributed by atoms with E-state index in [0.717, 1.165) is 0 Å². The molecule has 0 saturated carbocycles. The van der Waals surface area contributed by atoms with E-state index >= 15 is 0 Å². The van der Waals surface area contributed by atoms with Crippen LogP contribution in [0, 0.1) is 10.1 Å². The van der Waals surface area contributed by atoms with Crippen molar-refractivity contribution in [3.05, 3.63) is 10.1 Å². The van der Waals surface area contributed by atoms with Crippen LogP contribution < -0.4 is 0 Å². The van der Waals surface area contributed by atoms with E-state index in [-0.39, 0.29) is 25.3 Å². The number of nitro groups is 1. The molecule has 1 aliphatic heterocycles. The molecular formula is C7H14N2O5S. The molecule has 1 heterocycles. The Morgan fingerprint density at radius 1 is 1.40 bits per heavy atom. The molecule has 1 saturated heterocycles. The highest BCUT2D eigenvalue weighted by Crippen LogP contribution is 2.18. The normalized spacial score (nSPS) is 28.9. The number of hydrogen-bond acceptors (Lipinski definition) is 5. The summed E-state index contributed by atoms with van der Waals surface area (Å²) in [5, 5.41) is 10.2. The van der Waals surface area contributed by atoms with Gasteiger partial charge in [-0.15, -0.1) is 0 Å². The van der Waals surface area contributed by atoms with Gasteiger partial charge in [0.2, 0.25) is 0 Å². The maximum Gasteiger partial charge on any atom is 0.315 e. The standard InChI is InChI=1S/C7H14N2O5S/c1-6-3-14-4-7(2)9(6)15(12,13)5-8(10)11/h6-7H,3-5H2,1-2H3/t6-,7+. The summed E-state index contributed by atoms with van der Waals surface area (Å²) in [7, 11) is -3.83. The highest BCUT2D eigenvalue weighted by Gasteiger charge is 2.37. The van der Waals surface area contributed by atoms with Gasteiger partial charge >= 0.3 is 5.88 Å². The Morgan fingerprint density at radius 3 is 2.27 bits per heavy atom. The number of hydrogen-bond donors (Lipinski definition) is 0. The summed E-state index contributed by atoms with van der Waals surface area (Å²) in [6, 6.07) is -0.697. The van der Waals surface area contributed by atoms with Crippen molar-refractivity contribution in [1.82, 2.24) is 4.31 Å². The van der Waals surface area contributed by atoms with Crippen LogP contribution in [0.4, 0.5) is 0 Å². The molecule has 0 aromatic rings. The second-order valence-corrected chi connectivity index (χ2v) is 5.48. The Hall–Kier alpha value is -0.730. The minimum absolute atomic E-state index is 0.279. The van der Waals surface area contributed by atoms with Crippen molar-refractivity contribution in [2.45, 2.75) is 25.9 Å². The lowest BCUT2D eigenvalue weighted by Gasteiger charge is -2.36. The third kappa shape index (κ3) is 2.86. The quantitative estimate of drug-likeness (QED) is 0.495. The highest BCUT2D eigenvalue weighted by molar-refractivity contribution is 7.88. The van der Waals surface area contributed by atoms with Gasteiger partial charge in [0.1, 0.15) is 0 Å².